The summed E-state index contributed by atoms with van der Waals surface area (Å²) in [6.07, 6.45) is 0.988. The third-order valence-electron chi connectivity index (χ3n) is 5.07. The minimum Gasteiger partial charge on any atom is -0.488 e. The zero-order valence-electron chi connectivity index (χ0n) is 16.1. The van der Waals surface area contributed by atoms with Gasteiger partial charge in [-0.2, -0.15) is 0 Å². The van der Waals surface area contributed by atoms with E-state index in [4.69, 9.17) is 16.2 Å². The third kappa shape index (κ3) is 4.50. The van der Waals surface area contributed by atoms with Crippen LogP contribution in [0.4, 0.5) is 5.69 Å². The van der Waals surface area contributed by atoms with Crippen LogP contribution in [0.5, 0.6) is 5.75 Å². The summed E-state index contributed by atoms with van der Waals surface area (Å²) in [7, 11) is 0. The lowest BCUT2D eigenvalue weighted by Gasteiger charge is -2.17. The Morgan fingerprint density at radius 2 is 1.63 bits per heavy atom. The van der Waals surface area contributed by atoms with Crippen LogP contribution in [0.15, 0.2) is 66.7 Å². The van der Waals surface area contributed by atoms with Gasteiger partial charge >= 0.3 is 0 Å². The van der Waals surface area contributed by atoms with Crippen LogP contribution in [0.1, 0.15) is 36.0 Å². The third-order valence-corrected chi connectivity index (χ3v) is 5.07. The summed E-state index contributed by atoms with van der Waals surface area (Å²) in [6.45, 7) is 5.49. The molecule has 3 nitrogen and oxygen atoms in total. The standard InChI is InChI=1S/C24H28N2O/c1-17(14-15-25)20-8-10-21(11-9-20)24-18(2)22(26)12-13-23(24)27-16-19-6-4-3-5-7-19/h3-13,17H,14-16,25-26H2,1-2H3. The maximum Gasteiger partial charge on any atom is 0.128 e. The van der Waals surface area contributed by atoms with Crippen molar-refractivity contribution >= 4 is 5.69 Å². The Bertz CT molecular complexity index is 873. The predicted octanol–water partition coefficient (Wildman–Crippen LogP) is 5.28. The molecule has 3 aromatic rings. The fourth-order valence-corrected chi connectivity index (χ4v) is 3.31. The molecule has 3 heteroatoms. The maximum atomic E-state index is 6.18. The van der Waals surface area contributed by atoms with Crippen LogP contribution >= 0.6 is 0 Å². The second kappa shape index (κ2) is 8.74. The quantitative estimate of drug-likeness (QED) is 0.564. The lowest BCUT2D eigenvalue weighted by Crippen LogP contribution is -2.04. The summed E-state index contributed by atoms with van der Waals surface area (Å²) in [5.41, 5.74) is 18.3. The molecule has 0 aliphatic rings. The highest BCUT2D eigenvalue weighted by Crippen LogP contribution is 2.37. The van der Waals surface area contributed by atoms with E-state index in [9.17, 15) is 0 Å². The molecule has 0 bridgehead atoms. The molecule has 1 atom stereocenters. The fraction of sp³-hybridized carbons (Fsp3) is 0.250. The molecule has 0 spiro atoms. The van der Waals surface area contributed by atoms with Gasteiger partial charge < -0.3 is 16.2 Å². The van der Waals surface area contributed by atoms with Gasteiger partial charge in [-0.3, -0.25) is 0 Å². The first kappa shape index (κ1) is 19.0. The van der Waals surface area contributed by atoms with Crippen molar-refractivity contribution in [3.8, 4) is 16.9 Å². The SMILES string of the molecule is Cc1c(N)ccc(OCc2ccccc2)c1-c1ccc(C(C)CCN)cc1. The van der Waals surface area contributed by atoms with Crippen molar-refractivity contribution < 1.29 is 4.74 Å². The molecule has 0 heterocycles. The van der Waals surface area contributed by atoms with E-state index < -0.39 is 0 Å². The van der Waals surface area contributed by atoms with Gasteiger partial charge in [-0.05, 0) is 60.2 Å². The van der Waals surface area contributed by atoms with Crippen LogP contribution < -0.4 is 16.2 Å². The van der Waals surface area contributed by atoms with Crippen LogP contribution in [0.25, 0.3) is 11.1 Å². The summed E-state index contributed by atoms with van der Waals surface area (Å²) >= 11 is 0. The van der Waals surface area contributed by atoms with Crippen molar-refractivity contribution in [1.82, 2.24) is 0 Å². The molecule has 4 N–H and O–H groups in total. The number of rotatable bonds is 7. The molecule has 0 amide bonds. The normalized spacial score (nSPS) is 12.0. The molecule has 27 heavy (non-hydrogen) atoms. The number of nitrogens with two attached hydrogens (primary N) is 2. The van der Waals surface area contributed by atoms with Gasteiger partial charge in [0.25, 0.3) is 0 Å². The largest absolute Gasteiger partial charge is 0.488 e. The lowest BCUT2D eigenvalue weighted by molar-refractivity contribution is 0.307. The first-order valence-corrected chi connectivity index (χ1v) is 9.46. The summed E-state index contributed by atoms with van der Waals surface area (Å²) in [4.78, 5) is 0. The van der Waals surface area contributed by atoms with E-state index >= 15 is 0 Å². The molecule has 0 aromatic heterocycles. The minimum absolute atomic E-state index is 0.458. The van der Waals surface area contributed by atoms with E-state index in [2.05, 4.69) is 43.3 Å². The summed E-state index contributed by atoms with van der Waals surface area (Å²) in [5.74, 6) is 1.31. The molecule has 3 rings (SSSR count). The van der Waals surface area contributed by atoms with Crippen molar-refractivity contribution in [2.24, 2.45) is 5.73 Å². The molecule has 140 valence electrons. The molecular formula is C24H28N2O. The van der Waals surface area contributed by atoms with Crippen LogP contribution in [-0.4, -0.2) is 6.54 Å². The number of ether oxygens (including phenoxy) is 1. The molecule has 3 aromatic carbocycles. The summed E-state index contributed by atoms with van der Waals surface area (Å²) in [6, 6.07) is 22.7. The van der Waals surface area contributed by atoms with Crippen molar-refractivity contribution in [1.29, 1.82) is 0 Å². The fourth-order valence-electron chi connectivity index (χ4n) is 3.31. The highest BCUT2D eigenvalue weighted by Gasteiger charge is 2.13. The Balaban J connectivity index is 1.90. The molecular weight excluding hydrogens is 332 g/mol. The second-order valence-electron chi connectivity index (χ2n) is 7.03. The first-order valence-electron chi connectivity index (χ1n) is 9.46. The Kier molecular flexibility index (Phi) is 6.15. The van der Waals surface area contributed by atoms with Crippen molar-refractivity contribution in [2.45, 2.75) is 32.8 Å². The Labute approximate surface area is 162 Å². The summed E-state index contributed by atoms with van der Waals surface area (Å²) in [5, 5.41) is 0. The van der Waals surface area contributed by atoms with Crippen molar-refractivity contribution in [2.75, 3.05) is 12.3 Å². The van der Waals surface area contributed by atoms with Gasteiger partial charge in [0.2, 0.25) is 0 Å². The Morgan fingerprint density at radius 1 is 0.926 bits per heavy atom. The first-order chi connectivity index (χ1) is 13.1. The number of benzene rings is 3. The van der Waals surface area contributed by atoms with Gasteiger partial charge in [0.1, 0.15) is 12.4 Å². The number of anilines is 1. The van der Waals surface area contributed by atoms with Crippen molar-refractivity contribution in [3.63, 3.8) is 0 Å². The average Bonchev–Trinajstić information content (AvgIpc) is 2.70. The van der Waals surface area contributed by atoms with E-state index in [0.29, 0.717) is 19.1 Å². The van der Waals surface area contributed by atoms with Gasteiger partial charge in [0.15, 0.2) is 0 Å². The van der Waals surface area contributed by atoms with Crippen LogP contribution in [0, 0.1) is 6.92 Å². The monoisotopic (exact) mass is 360 g/mol. The van der Waals surface area contributed by atoms with Gasteiger partial charge in [-0.1, -0.05) is 61.5 Å². The van der Waals surface area contributed by atoms with Crippen LogP contribution in [-0.2, 0) is 6.61 Å². The van der Waals surface area contributed by atoms with Gasteiger partial charge in [-0.25, -0.2) is 0 Å². The van der Waals surface area contributed by atoms with E-state index in [1.807, 2.05) is 37.3 Å². The molecule has 1 unspecified atom stereocenters. The number of hydrogen-bond donors (Lipinski definition) is 2. The van der Waals surface area contributed by atoms with Gasteiger partial charge in [0, 0.05) is 11.3 Å². The molecule has 0 aliphatic heterocycles. The van der Waals surface area contributed by atoms with E-state index in [-0.39, 0.29) is 0 Å². The minimum atomic E-state index is 0.458. The molecule has 0 saturated carbocycles. The maximum absolute atomic E-state index is 6.18. The lowest BCUT2D eigenvalue weighted by atomic mass is 9.93. The van der Waals surface area contributed by atoms with Crippen LogP contribution in [0.2, 0.25) is 0 Å². The number of nitrogen functional groups attached to an aromatic ring is 1. The van der Waals surface area contributed by atoms with Gasteiger partial charge in [0.05, 0.1) is 0 Å². The molecule has 0 fully saturated rings. The smallest absolute Gasteiger partial charge is 0.128 e. The number of hydrogen-bond acceptors (Lipinski definition) is 3. The zero-order valence-corrected chi connectivity index (χ0v) is 16.1. The average molecular weight is 361 g/mol. The van der Waals surface area contributed by atoms with Crippen LogP contribution in [0.3, 0.4) is 0 Å². The molecule has 0 saturated heterocycles. The van der Waals surface area contributed by atoms with E-state index in [1.165, 1.54) is 5.56 Å². The Morgan fingerprint density at radius 3 is 2.30 bits per heavy atom. The summed E-state index contributed by atoms with van der Waals surface area (Å²) < 4.78 is 6.16. The highest BCUT2D eigenvalue weighted by molar-refractivity contribution is 5.78. The van der Waals surface area contributed by atoms with Crippen molar-refractivity contribution in [3.05, 3.63) is 83.4 Å². The zero-order chi connectivity index (χ0) is 19.2. The molecule has 0 aliphatic carbocycles. The topological polar surface area (TPSA) is 61.3 Å². The highest BCUT2D eigenvalue weighted by atomic mass is 16.5. The van der Waals surface area contributed by atoms with Gasteiger partial charge in [-0.15, -0.1) is 0 Å². The Hall–Kier alpha value is -2.78. The second-order valence-corrected chi connectivity index (χ2v) is 7.03. The van der Waals surface area contributed by atoms with E-state index in [0.717, 1.165) is 40.1 Å². The predicted molar refractivity (Wildman–Crippen MR) is 114 cm³/mol. The molecule has 0 radical (unpaired) electrons. The van der Waals surface area contributed by atoms with E-state index in [1.54, 1.807) is 0 Å².